The molecule has 0 spiro atoms. The van der Waals surface area contributed by atoms with Crippen molar-refractivity contribution >= 4 is 23.4 Å². The van der Waals surface area contributed by atoms with E-state index in [-0.39, 0.29) is 30.7 Å². The summed E-state index contributed by atoms with van der Waals surface area (Å²) >= 11 is 0. The van der Waals surface area contributed by atoms with Crippen LogP contribution in [0.25, 0.3) is 0 Å². The molecule has 7 heteroatoms. The summed E-state index contributed by atoms with van der Waals surface area (Å²) in [7, 11) is 0. The molecule has 31 heavy (non-hydrogen) atoms. The second-order valence-electron chi connectivity index (χ2n) is 7.46. The number of nitrogens with one attached hydrogen (secondary N) is 2. The van der Waals surface area contributed by atoms with E-state index in [2.05, 4.69) is 10.6 Å². The van der Waals surface area contributed by atoms with Crippen molar-refractivity contribution in [2.45, 2.75) is 19.0 Å². The third-order valence-electron chi connectivity index (χ3n) is 5.24. The fourth-order valence-corrected chi connectivity index (χ4v) is 3.63. The highest BCUT2D eigenvalue weighted by Crippen LogP contribution is 2.23. The van der Waals surface area contributed by atoms with E-state index in [0.717, 1.165) is 0 Å². The normalized spacial score (nSPS) is 16.7. The molecule has 0 aliphatic carbocycles. The first-order valence-corrected chi connectivity index (χ1v) is 10.1. The molecule has 2 N–H and O–H groups in total. The van der Waals surface area contributed by atoms with Crippen LogP contribution in [-0.4, -0.2) is 29.2 Å². The molecule has 1 aliphatic rings. The number of furan rings is 1. The number of carbonyl (C=O) groups is 3. The van der Waals surface area contributed by atoms with Gasteiger partial charge in [0.2, 0.25) is 11.8 Å². The van der Waals surface area contributed by atoms with Crippen LogP contribution in [-0.2, 0) is 20.9 Å². The minimum atomic E-state index is -0.872. The van der Waals surface area contributed by atoms with Crippen molar-refractivity contribution in [3.05, 3.63) is 90.4 Å². The SMILES string of the molecule is O=C(NC(C(=O)Nc1ccccc1)c1ccccc1)C1CC(=O)N(Cc2ccco2)C1. The standard InChI is InChI=1S/C24H23N3O4/c28-21-14-18(15-27(21)16-20-12-7-13-31-20)23(29)26-22(17-8-3-1-4-9-17)24(30)25-19-10-5-2-6-11-19/h1-13,18,22H,14-16H2,(H,25,30)(H,26,29). The number of likely N-dealkylation sites (tertiary alicyclic amines) is 1. The maximum Gasteiger partial charge on any atom is 0.251 e. The summed E-state index contributed by atoms with van der Waals surface area (Å²) in [6.45, 7) is 0.611. The lowest BCUT2D eigenvalue weighted by molar-refractivity contribution is -0.130. The lowest BCUT2D eigenvalue weighted by Crippen LogP contribution is -2.40. The molecule has 1 saturated heterocycles. The van der Waals surface area contributed by atoms with Crippen LogP contribution in [0.4, 0.5) is 5.69 Å². The van der Waals surface area contributed by atoms with Gasteiger partial charge in [-0.2, -0.15) is 0 Å². The average molecular weight is 417 g/mol. The Labute approximate surface area is 180 Å². The van der Waals surface area contributed by atoms with Gasteiger partial charge in [-0.1, -0.05) is 48.5 Å². The van der Waals surface area contributed by atoms with Gasteiger partial charge < -0.3 is 20.0 Å². The third kappa shape index (κ3) is 5.01. The van der Waals surface area contributed by atoms with Gasteiger partial charge in [0, 0.05) is 18.7 Å². The highest BCUT2D eigenvalue weighted by Gasteiger charge is 2.36. The van der Waals surface area contributed by atoms with E-state index in [1.165, 1.54) is 0 Å². The van der Waals surface area contributed by atoms with E-state index >= 15 is 0 Å². The zero-order chi connectivity index (χ0) is 21.6. The molecule has 1 aromatic heterocycles. The second-order valence-corrected chi connectivity index (χ2v) is 7.46. The Hall–Kier alpha value is -3.87. The number of hydrogen-bond donors (Lipinski definition) is 2. The minimum Gasteiger partial charge on any atom is -0.467 e. The Morgan fingerprint density at radius 1 is 1.00 bits per heavy atom. The van der Waals surface area contributed by atoms with Crippen molar-refractivity contribution in [1.82, 2.24) is 10.2 Å². The predicted molar refractivity (Wildman–Crippen MR) is 115 cm³/mol. The van der Waals surface area contributed by atoms with E-state index in [0.29, 0.717) is 23.6 Å². The van der Waals surface area contributed by atoms with Crippen LogP contribution in [0.1, 0.15) is 23.8 Å². The number of para-hydroxylation sites is 1. The van der Waals surface area contributed by atoms with E-state index in [1.807, 2.05) is 36.4 Å². The number of amides is 3. The van der Waals surface area contributed by atoms with Crippen LogP contribution in [0.3, 0.4) is 0 Å². The van der Waals surface area contributed by atoms with Gasteiger partial charge in [-0.15, -0.1) is 0 Å². The monoisotopic (exact) mass is 417 g/mol. The molecule has 4 rings (SSSR count). The molecule has 0 bridgehead atoms. The Balaban J connectivity index is 1.45. The summed E-state index contributed by atoms with van der Waals surface area (Å²) in [5.41, 5.74) is 1.31. The van der Waals surface area contributed by atoms with E-state index in [1.54, 1.807) is 47.6 Å². The second kappa shape index (κ2) is 9.30. The topological polar surface area (TPSA) is 91.7 Å². The summed E-state index contributed by atoms with van der Waals surface area (Å²) in [5.74, 6) is -0.645. The molecular formula is C24H23N3O4. The third-order valence-corrected chi connectivity index (χ3v) is 5.24. The molecule has 3 aromatic rings. The molecule has 2 unspecified atom stereocenters. The molecule has 158 valence electrons. The summed E-state index contributed by atoms with van der Waals surface area (Å²) < 4.78 is 5.30. The van der Waals surface area contributed by atoms with E-state index in [4.69, 9.17) is 4.42 Å². The largest absolute Gasteiger partial charge is 0.467 e. The van der Waals surface area contributed by atoms with Crippen LogP contribution in [0.2, 0.25) is 0 Å². The maximum atomic E-state index is 13.0. The van der Waals surface area contributed by atoms with Gasteiger partial charge in [-0.3, -0.25) is 14.4 Å². The Kier molecular flexibility index (Phi) is 6.12. The first-order valence-electron chi connectivity index (χ1n) is 10.1. The molecule has 2 heterocycles. The molecule has 0 saturated carbocycles. The quantitative estimate of drug-likeness (QED) is 0.618. The number of hydrogen-bond acceptors (Lipinski definition) is 4. The van der Waals surface area contributed by atoms with E-state index in [9.17, 15) is 14.4 Å². The zero-order valence-electron chi connectivity index (χ0n) is 16.9. The van der Waals surface area contributed by atoms with Crippen molar-refractivity contribution < 1.29 is 18.8 Å². The fraction of sp³-hybridized carbons (Fsp3) is 0.208. The predicted octanol–water partition coefficient (Wildman–Crippen LogP) is 3.12. The number of anilines is 1. The molecule has 2 atom stereocenters. The maximum absolute atomic E-state index is 13.0. The van der Waals surface area contributed by atoms with Crippen LogP contribution in [0.15, 0.2) is 83.5 Å². The smallest absolute Gasteiger partial charge is 0.251 e. The number of nitrogens with zero attached hydrogens (tertiary/aromatic N) is 1. The number of rotatable bonds is 7. The lowest BCUT2D eigenvalue weighted by Gasteiger charge is -2.21. The molecule has 3 amide bonds. The molecule has 2 aromatic carbocycles. The van der Waals surface area contributed by atoms with Gasteiger partial charge in [0.05, 0.1) is 18.7 Å². The van der Waals surface area contributed by atoms with Crippen LogP contribution >= 0.6 is 0 Å². The molecule has 0 radical (unpaired) electrons. The molecule has 1 fully saturated rings. The van der Waals surface area contributed by atoms with Gasteiger partial charge in [0.15, 0.2) is 0 Å². The lowest BCUT2D eigenvalue weighted by atomic mass is 10.0. The summed E-state index contributed by atoms with van der Waals surface area (Å²) in [4.78, 5) is 39.9. The summed E-state index contributed by atoms with van der Waals surface area (Å²) in [6, 6.07) is 20.8. The molecule has 1 aliphatic heterocycles. The summed E-state index contributed by atoms with van der Waals surface area (Å²) in [5, 5.41) is 5.68. The van der Waals surface area contributed by atoms with Gasteiger partial charge in [-0.25, -0.2) is 0 Å². The minimum absolute atomic E-state index is 0.106. The van der Waals surface area contributed by atoms with Gasteiger partial charge in [0.25, 0.3) is 5.91 Å². The van der Waals surface area contributed by atoms with Crippen molar-refractivity contribution in [3.8, 4) is 0 Å². The Morgan fingerprint density at radius 3 is 2.39 bits per heavy atom. The first kappa shape index (κ1) is 20.4. The fourth-order valence-electron chi connectivity index (χ4n) is 3.63. The van der Waals surface area contributed by atoms with Crippen molar-refractivity contribution in [2.75, 3.05) is 11.9 Å². The Morgan fingerprint density at radius 2 is 1.71 bits per heavy atom. The Bertz CT molecular complexity index is 1040. The van der Waals surface area contributed by atoms with Crippen LogP contribution in [0, 0.1) is 5.92 Å². The highest BCUT2D eigenvalue weighted by molar-refractivity contribution is 5.99. The van der Waals surface area contributed by atoms with Crippen molar-refractivity contribution in [1.29, 1.82) is 0 Å². The average Bonchev–Trinajstić information content (AvgIpc) is 3.43. The van der Waals surface area contributed by atoms with Crippen molar-refractivity contribution in [3.63, 3.8) is 0 Å². The van der Waals surface area contributed by atoms with Crippen LogP contribution in [0.5, 0.6) is 0 Å². The first-order chi connectivity index (χ1) is 15.1. The molecule has 7 nitrogen and oxygen atoms in total. The highest BCUT2D eigenvalue weighted by atomic mass is 16.3. The van der Waals surface area contributed by atoms with Gasteiger partial charge >= 0.3 is 0 Å². The number of benzene rings is 2. The van der Waals surface area contributed by atoms with Crippen LogP contribution < -0.4 is 10.6 Å². The van der Waals surface area contributed by atoms with Gasteiger partial charge in [0.1, 0.15) is 11.8 Å². The molecular weight excluding hydrogens is 394 g/mol. The number of carbonyl (C=O) groups excluding carboxylic acids is 3. The van der Waals surface area contributed by atoms with E-state index < -0.39 is 12.0 Å². The summed E-state index contributed by atoms with van der Waals surface area (Å²) in [6.07, 6.45) is 1.66. The van der Waals surface area contributed by atoms with Gasteiger partial charge in [-0.05, 0) is 29.8 Å². The zero-order valence-corrected chi connectivity index (χ0v) is 16.9. The van der Waals surface area contributed by atoms with Crippen molar-refractivity contribution in [2.24, 2.45) is 5.92 Å².